The van der Waals surface area contributed by atoms with Gasteiger partial charge in [0, 0.05) is 23.9 Å². The lowest BCUT2D eigenvalue weighted by atomic mass is 10.2. The number of rotatable bonds is 9. The van der Waals surface area contributed by atoms with E-state index < -0.39 is 6.09 Å². The molecule has 32 heavy (non-hydrogen) atoms. The Labute approximate surface area is 187 Å². The largest absolute Gasteiger partial charge is 0.469 e. The molecule has 0 saturated carbocycles. The average Bonchev–Trinajstić information content (AvgIpc) is 3.37. The molecule has 11 heteroatoms. The highest BCUT2D eigenvalue weighted by molar-refractivity contribution is 7.14. The topological polar surface area (TPSA) is 132 Å². The van der Waals surface area contributed by atoms with E-state index in [0.29, 0.717) is 40.1 Å². The summed E-state index contributed by atoms with van der Waals surface area (Å²) < 4.78 is 14.9. The molecule has 3 rings (SSSR count). The van der Waals surface area contributed by atoms with Crippen LogP contribution in [0.25, 0.3) is 0 Å². The van der Waals surface area contributed by atoms with Crippen molar-refractivity contribution < 1.29 is 28.3 Å². The van der Waals surface area contributed by atoms with Gasteiger partial charge in [-0.05, 0) is 31.2 Å². The molecular weight excluding hydrogens is 436 g/mol. The fourth-order valence-electron chi connectivity index (χ4n) is 2.65. The van der Waals surface area contributed by atoms with Crippen molar-refractivity contribution in [1.29, 1.82) is 0 Å². The molecule has 0 aliphatic rings. The van der Waals surface area contributed by atoms with E-state index in [0.717, 1.165) is 0 Å². The van der Waals surface area contributed by atoms with Gasteiger partial charge in [0.25, 0.3) is 5.91 Å². The molecule has 3 amide bonds. The molecule has 1 aromatic carbocycles. The maximum atomic E-state index is 12.4. The van der Waals surface area contributed by atoms with E-state index in [-0.39, 0.29) is 24.8 Å². The minimum Gasteiger partial charge on any atom is -0.469 e. The van der Waals surface area contributed by atoms with Crippen molar-refractivity contribution in [3.8, 4) is 0 Å². The van der Waals surface area contributed by atoms with Gasteiger partial charge >= 0.3 is 6.09 Å². The van der Waals surface area contributed by atoms with Gasteiger partial charge in [0.15, 0.2) is 5.13 Å². The van der Waals surface area contributed by atoms with Gasteiger partial charge in [-0.15, -0.1) is 11.3 Å². The number of thiazole rings is 1. The van der Waals surface area contributed by atoms with Gasteiger partial charge in [-0.25, -0.2) is 9.78 Å². The first-order chi connectivity index (χ1) is 15.4. The number of furan rings is 1. The van der Waals surface area contributed by atoms with Gasteiger partial charge in [-0.1, -0.05) is 6.07 Å². The highest BCUT2D eigenvalue weighted by Gasteiger charge is 2.14. The first kappa shape index (κ1) is 23.0. The molecule has 3 N–H and O–H groups in total. The van der Waals surface area contributed by atoms with Crippen LogP contribution in [0.2, 0.25) is 0 Å². The smallest absolute Gasteiger partial charge is 0.411 e. The number of methoxy groups -OCH3 is 1. The zero-order chi connectivity index (χ0) is 22.9. The number of anilines is 3. The van der Waals surface area contributed by atoms with Gasteiger partial charge in [0.2, 0.25) is 5.91 Å². The molecule has 0 bridgehead atoms. The summed E-state index contributed by atoms with van der Waals surface area (Å²) in [6.07, 6.45) is 0.845. The molecule has 10 nitrogen and oxygen atoms in total. The van der Waals surface area contributed by atoms with E-state index in [2.05, 4.69) is 20.9 Å². The quantitative estimate of drug-likeness (QED) is 0.417. The SMILES string of the molecule is COCCOC(=O)Nc1cccc(NC(=O)Cc2csc(NC(=O)c3ccoc3C)n2)c1. The lowest BCUT2D eigenvalue weighted by Crippen LogP contribution is -2.17. The van der Waals surface area contributed by atoms with Crippen molar-refractivity contribution in [2.45, 2.75) is 13.3 Å². The Kier molecular flexibility index (Phi) is 7.95. The minimum absolute atomic E-state index is 0.0217. The summed E-state index contributed by atoms with van der Waals surface area (Å²) in [6, 6.07) is 8.24. The van der Waals surface area contributed by atoms with E-state index in [9.17, 15) is 14.4 Å². The van der Waals surface area contributed by atoms with Crippen LogP contribution >= 0.6 is 11.3 Å². The summed E-state index contributed by atoms with van der Waals surface area (Å²) in [6.45, 7) is 2.13. The molecular formula is C21H22N4O6S. The summed E-state index contributed by atoms with van der Waals surface area (Å²) in [7, 11) is 1.51. The monoisotopic (exact) mass is 458 g/mol. The number of carbonyl (C=O) groups is 3. The Morgan fingerprint density at radius 2 is 1.88 bits per heavy atom. The van der Waals surface area contributed by atoms with Crippen LogP contribution in [-0.4, -0.2) is 43.2 Å². The maximum Gasteiger partial charge on any atom is 0.411 e. The first-order valence-corrected chi connectivity index (χ1v) is 10.4. The van der Waals surface area contributed by atoms with Gasteiger partial charge in [-0.2, -0.15) is 0 Å². The van der Waals surface area contributed by atoms with Crippen LogP contribution in [0, 0.1) is 6.92 Å². The number of amides is 3. The number of benzene rings is 1. The normalized spacial score (nSPS) is 10.4. The molecule has 0 atom stereocenters. The molecule has 0 unspecified atom stereocenters. The van der Waals surface area contributed by atoms with Gasteiger partial charge in [0.1, 0.15) is 12.4 Å². The van der Waals surface area contributed by atoms with E-state index in [1.54, 1.807) is 42.6 Å². The van der Waals surface area contributed by atoms with Crippen molar-refractivity contribution in [3.05, 3.63) is 59.0 Å². The molecule has 0 aliphatic carbocycles. The maximum absolute atomic E-state index is 12.4. The summed E-state index contributed by atoms with van der Waals surface area (Å²) in [5.74, 6) is -0.107. The zero-order valence-electron chi connectivity index (χ0n) is 17.5. The molecule has 168 valence electrons. The van der Waals surface area contributed by atoms with Crippen molar-refractivity contribution in [1.82, 2.24) is 4.98 Å². The van der Waals surface area contributed by atoms with E-state index in [4.69, 9.17) is 13.9 Å². The molecule has 2 heterocycles. The average molecular weight is 458 g/mol. The number of ether oxygens (including phenoxy) is 2. The lowest BCUT2D eigenvalue weighted by Gasteiger charge is -2.09. The molecule has 0 saturated heterocycles. The van der Waals surface area contributed by atoms with Crippen molar-refractivity contribution in [2.75, 3.05) is 36.3 Å². The number of nitrogens with one attached hydrogen (secondary N) is 3. The lowest BCUT2D eigenvalue weighted by molar-refractivity contribution is -0.115. The standard InChI is InChI=1S/C21H22N4O6S/c1-13-17(6-7-30-13)19(27)25-20-23-16(12-32-20)11-18(26)22-14-4-3-5-15(10-14)24-21(28)31-9-8-29-2/h3-7,10,12H,8-9,11H2,1-2H3,(H,22,26)(H,24,28)(H,23,25,27). The summed E-state index contributed by atoms with van der Waals surface area (Å²) >= 11 is 1.22. The third kappa shape index (κ3) is 6.65. The fraction of sp³-hybridized carbons (Fsp3) is 0.238. The highest BCUT2D eigenvalue weighted by atomic mass is 32.1. The second kappa shape index (κ2) is 11.1. The van der Waals surface area contributed by atoms with Crippen molar-refractivity contribution >= 4 is 45.8 Å². The van der Waals surface area contributed by atoms with Crippen LogP contribution in [0.4, 0.5) is 21.3 Å². The predicted molar refractivity (Wildman–Crippen MR) is 119 cm³/mol. The molecule has 0 aliphatic heterocycles. The second-order valence-electron chi connectivity index (χ2n) is 6.55. The van der Waals surface area contributed by atoms with Gasteiger partial charge in [0.05, 0.1) is 30.5 Å². The molecule has 2 aromatic heterocycles. The number of hydrogen-bond acceptors (Lipinski definition) is 8. The summed E-state index contributed by atoms with van der Waals surface area (Å²) in [5.41, 5.74) is 1.92. The number of aryl methyl sites for hydroxylation is 1. The van der Waals surface area contributed by atoms with Crippen LogP contribution in [0.1, 0.15) is 21.8 Å². The zero-order valence-corrected chi connectivity index (χ0v) is 18.3. The molecule has 0 spiro atoms. The van der Waals surface area contributed by atoms with E-state index in [1.807, 2.05) is 0 Å². The van der Waals surface area contributed by atoms with E-state index in [1.165, 1.54) is 24.7 Å². The Hall–Kier alpha value is -3.70. The third-order valence-electron chi connectivity index (χ3n) is 4.13. The molecule has 3 aromatic rings. The highest BCUT2D eigenvalue weighted by Crippen LogP contribution is 2.19. The molecule has 0 radical (unpaired) electrons. The van der Waals surface area contributed by atoms with Gasteiger partial charge < -0.3 is 19.2 Å². The van der Waals surface area contributed by atoms with Crippen LogP contribution in [0.5, 0.6) is 0 Å². The number of carbonyl (C=O) groups excluding carboxylic acids is 3. The second-order valence-corrected chi connectivity index (χ2v) is 7.41. The summed E-state index contributed by atoms with van der Waals surface area (Å²) in [4.78, 5) is 40.6. The van der Waals surface area contributed by atoms with Crippen molar-refractivity contribution in [3.63, 3.8) is 0 Å². The van der Waals surface area contributed by atoms with Crippen LogP contribution in [0.15, 0.2) is 46.4 Å². The molecule has 0 fully saturated rings. The number of hydrogen-bond donors (Lipinski definition) is 3. The first-order valence-electron chi connectivity index (χ1n) is 9.57. The van der Waals surface area contributed by atoms with Crippen LogP contribution in [-0.2, 0) is 20.7 Å². The van der Waals surface area contributed by atoms with E-state index >= 15 is 0 Å². The number of aromatic nitrogens is 1. The summed E-state index contributed by atoms with van der Waals surface area (Å²) in [5, 5.41) is 10.1. The Bertz CT molecular complexity index is 1090. The van der Waals surface area contributed by atoms with Crippen LogP contribution in [0.3, 0.4) is 0 Å². The minimum atomic E-state index is -0.617. The fourth-order valence-corrected chi connectivity index (χ4v) is 3.35. The third-order valence-corrected chi connectivity index (χ3v) is 4.94. The predicted octanol–water partition coefficient (Wildman–Crippen LogP) is 3.67. The Morgan fingerprint density at radius 1 is 1.09 bits per heavy atom. The van der Waals surface area contributed by atoms with Crippen LogP contribution < -0.4 is 16.0 Å². The Balaban J connectivity index is 1.51. The van der Waals surface area contributed by atoms with Crippen molar-refractivity contribution in [2.24, 2.45) is 0 Å². The number of nitrogens with zero attached hydrogens (tertiary/aromatic N) is 1. The van der Waals surface area contributed by atoms with Gasteiger partial charge in [-0.3, -0.25) is 20.2 Å². The Morgan fingerprint density at radius 3 is 2.59 bits per heavy atom.